The zero-order valence-electron chi connectivity index (χ0n) is 10.2. The van der Waals surface area contributed by atoms with Crippen molar-refractivity contribution in [2.24, 2.45) is 23.7 Å². The molecule has 0 amide bonds. The Morgan fingerprint density at radius 1 is 1.35 bits per heavy atom. The molecule has 4 nitrogen and oxygen atoms in total. The van der Waals surface area contributed by atoms with Crippen LogP contribution in [0.2, 0.25) is 0 Å². The largest absolute Gasteiger partial charge is 0.481 e. The number of carboxylic acid groups (broad SMARTS) is 1. The van der Waals surface area contributed by atoms with E-state index < -0.39 is 17.9 Å². The molecule has 4 unspecified atom stereocenters. The van der Waals surface area contributed by atoms with Crippen molar-refractivity contribution >= 4 is 11.9 Å². The highest BCUT2D eigenvalue weighted by atomic mass is 16.5. The zero-order valence-corrected chi connectivity index (χ0v) is 10.2. The minimum absolute atomic E-state index is 0.249. The number of esters is 1. The highest BCUT2D eigenvalue weighted by molar-refractivity contribution is 5.93. The predicted octanol–water partition coefficient (Wildman–Crippen LogP) is 2.08. The van der Waals surface area contributed by atoms with Gasteiger partial charge in [0.1, 0.15) is 0 Å². The van der Waals surface area contributed by atoms with Crippen molar-refractivity contribution in [2.45, 2.75) is 39.0 Å². The van der Waals surface area contributed by atoms with Crippen LogP contribution >= 0.6 is 0 Å². The Morgan fingerprint density at radius 2 is 2.12 bits per heavy atom. The van der Waals surface area contributed by atoms with Crippen molar-refractivity contribution < 1.29 is 19.4 Å². The molecule has 2 bridgehead atoms. The lowest BCUT2D eigenvalue weighted by molar-refractivity contribution is -0.159. The van der Waals surface area contributed by atoms with Crippen LogP contribution in [0, 0.1) is 23.7 Å². The van der Waals surface area contributed by atoms with Crippen molar-refractivity contribution in [2.75, 3.05) is 6.61 Å². The van der Waals surface area contributed by atoms with Crippen LogP contribution in [0.1, 0.15) is 39.0 Å². The van der Waals surface area contributed by atoms with E-state index in [1.165, 1.54) is 19.3 Å². The lowest BCUT2D eigenvalue weighted by Crippen LogP contribution is -2.29. The maximum Gasteiger partial charge on any atom is 0.320 e. The van der Waals surface area contributed by atoms with Gasteiger partial charge in [0.25, 0.3) is 0 Å². The first-order valence-corrected chi connectivity index (χ1v) is 6.51. The molecule has 0 aliphatic heterocycles. The summed E-state index contributed by atoms with van der Waals surface area (Å²) in [6.45, 7) is 1.95. The van der Waals surface area contributed by atoms with Crippen LogP contribution in [0.3, 0.4) is 0 Å². The quantitative estimate of drug-likeness (QED) is 0.590. The van der Waals surface area contributed by atoms with Gasteiger partial charge >= 0.3 is 11.9 Å². The third-order valence-corrected chi connectivity index (χ3v) is 4.29. The Bertz CT molecular complexity index is 313. The summed E-state index contributed by atoms with van der Waals surface area (Å²) in [5.74, 6) is -0.717. The number of hydrogen-bond donors (Lipinski definition) is 1. The number of carbonyl (C=O) groups excluding carboxylic acids is 1. The molecule has 2 saturated carbocycles. The molecule has 2 aliphatic carbocycles. The Kier molecular flexibility index (Phi) is 3.69. The zero-order chi connectivity index (χ0) is 12.4. The summed E-state index contributed by atoms with van der Waals surface area (Å²) in [6.07, 6.45) is 5.31. The molecule has 1 N–H and O–H groups in total. The molecule has 0 aromatic rings. The highest BCUT2D eigenvalue weighted by Gasteiger charge is 2.42. The molecular formula is C13H20O4. The molecule has 2 rings (SSSR count). The van der Waals surface area contributed by atoms with E-state index >= 15 is 0 Å². The molecule has 0 heterocycles. The third kappa shape index (κ3) is 2.61. The topological polar surface area (TPSA) is 63.6 Å². The average Bonchev–Trinajstić information content (AvgIpc) is 2.87. The van der Waals surface area contributed by atoms with Crippen LogP contribution in [0.4, 0.5) is 0 Å². The maximum atomic E-state index is 11.6. The van der Waals surface area contributed by atoms with Crippen LogP contribution in [0.15, 0.2) is 0 Å². The fraction of sp³-hybridized carbons (Fsp3) is 0.846. The molecule has 2 aliphatic rings. The van der Waals surface area contributed by atoms with E-state index in [1.807, 2.05) is 0 Å². The SMILES string of the molecule is CCOC(=O)C(CC1CC2CCC1C2)C(=O)O. The van der Waals surface area contributed by atoms with Gasteiger partial charge in [-0.25, -0.2) is 0 Å². The van der Waals surface area contributed by atoms with Crippen molar-refractivity contribution in [3.8, 4) is 0 Å². The molecule has 17 heavy (non-hydrogen) atoms. The van der Waals surface area contributed by atoms with Crippen LogP contribution in [-0.4, -0.2) is 23.7 Å². The molecule has 4 atom stereocenters. The summed E-state index contributed by atoms with van der Waals surface area (Å²) < 4.78 is 4.84. The van der Waals surface area contributed by atoms with Gasteiger partial charge in [-0.2, -0.15) is 0 Å². The summed E-state index contributed by atoms with van der Waals surface area (Å²) in [4.78, 5) is 22.7. The Hall–Kier alpha value is -1.06. The van der Waals surface area contributed by atoms with E-state index in [-0.39, 0.29) is 6.61 Å². The first-order chi connectivity index (χ1) is 8.11. The smallest absolute Gasteiger partial charge is 0.320 e. The molecule has 96 valence electrons. The molecule has 0 saturated heterocycles. The Balaban J connectivity index is 1.94. The van der Waals surface area contributed by atoms with Gasteiger partial charge in [-0.3, -0.25) is 9.59 Å². The molecule has 2 fully saturated rings. The van der Waals surface area contributed by atoms with Crippen molar-refractivity contribution in [3.05, 3.63) is 0 Å². The fourth-order valence-electron chi connectivity index (χ4n) is 3.51. The minimum Gasteiger partial charge on any atom is -0.481 e. The molecular weight excluding hydrogens is 220 g/mol. The van der Waals surface area contributed by atoms with Gasteiger partial charge < -0.3 is 9.84 Å². The van der Waals surface area contributed by atoms with Gasteiger partial charge in [-0.05, 0) is 50.4 Å². The number of ether oxygens (including phenoxy) is 1. The molecule has 0 aromatic carbocycles. The molecule has 0 spiro atoms. The van der Waals surface area contributed by atoms with Gasteiger partial charge in [0, 0.05) is 0 Å². The van der Waals surface area contributed by atoms with Gasteiger partial charge in [0.05, 0.1) is 6.61 Å². The first kappa shape index (κ1) is 12.4. The van der Waals surface area contributed by atoms with Crippen molar-refractivity contribution in [3.63, 3.8) is 0 Å². The van der Waals surface area contributed by atoms with E-state index in [0.29, 0.717) is 18.3 Å². The number of aliphatic carboxylic acids is 1. The lowest BCUT2D eigenvalue weighted by Gasteiger charge is -2.23. The second-order valence-electron chi connectivity index (χ2n) is 5.31. The predicted molar refractivity (Wildman–Crippen MR) is 61.3 cm³/mol. The Labute approximate surface area is 101 Å². The standard InChI is InChI=1S/C13H20O4/c1-2-17-13(16)11(12(14)15)7-10-6-8-3-4-9(10)5-8/h8-11H,2-7H2,1H3,(H,14,15). The van der Waals surface area contributed by atoms with Gasteiger partial charge in [0.15, 0.2) is 5.92 Å². The van der Waals surface area contributed by atoms with Gasteiger partial charge in [-0.1, -0.05) is 6.42 Å². The monoisotopic (exact) mass is 240 g/mol. The first-order valence-electron chi connectivity index (χ1n) is 6.51. The van der Waals surface area contributed by atoms with Gasteiger partial charge in [0.2, 0.25) is 0 Å². The summed E-state index contributed by atoms with van der Waals surface area (Å²) in [5.41, 5.74) is 0. The minimum atomic E-state index is -1.04. The normalized spacial score (nSPS) is 32.4. The average molecular weight is 240 g/mol. The number of rotatable bonds is 5. The van der Waals surface area contributed by atoms with E-state index in [1.54, 1.807) is 6.92 Å². The van der Waals surface area contributed by atoms with E-state index in [2.05, 4.69) is 0 Å². The van der Waals surface area contributed by atoms with Crippen LogP contribution in [0.5, 0.6) is 0 Å². The van der Waals surface area contributed by atoms with Crippen molar-refractivity contribution in [1.82, 2.24) is 0 Å². The summed E-state index contributed by atoms with van der Waals surface area (Å²) in [6, 6.07) is 0. The number of fused-ring (bicyclic) bond motifs is 2. The van der Waals surface area contributed by atoms with Crippen LogP contribution < -0.4 is 0 Å². The maximum absolute atomic E-state index is 11.6. The van der Waals surface area contributed by atoms with Gasteiger partial charge in [-0.15, -0.1) is 0 Å². The summed E-state index contributed by atoms with van der Waals surface area (Å²) >= 11 is 0. The van der Waals surface area contributed by atoms with E-state index in [4.69, 9.17) is 9.84 Å². The summed E-state index contributed by atoms with van der Waals surface area (Å²) in [7, 11) is 0. The second-order valence-corrected chi connectivity index (χ2v) is 5.31. The summed E-state index contributed by atoms with van der Waals surface area (Å²) in [5, 5.41) is 9.10. The second kappa shape index (κ2) is 5.07. The fourth-order valence-corrected chi connectivity index (χ4v) is 3.51. The number of carbonyl (C=O) groups is 2. The van der Waals surface area contributed by atoms with E-state index in [9.17, 15) is 9.59 Å². The van der Waals surface area contributed by atoms with Crippen LogP contribution in [-0.2, 0) is 14.3 Å². The van der Waals surface area contributed by atoms with E-state index in [0.717, 1.165) is 12.3 Å². The molecule has 0 aromatic heterocycles. The van der Waals surface area contributed by atoms with Crippen LogP contribution in [0.25, 0.3) is 0 Å². The molecule has 0 radical (unpaired) electrons. The number of hydrogen-bond acceptors (Lipinski definition) is 3. The lowest BCUT2D eigenvalue weighted by atomic mass is 9.82. The molecule has 4 heteroatoms. The van der Waals surface area contributed by atoms with Crippen molar-refractivity contribution in [1.29, 1.82) is 0 Å². The highest BCUT2D eigenvalue weighted by Crippen LogP contribution is 2.50. The number of carboxylic acids is 1. The third-order valence-electron chi connectivity index (χ3n) is 4.29. The Morgan fingerprint density at radius 3 is 2.59 bits per heavy atom.